The fourth-order valence-corrected chi connectivity index (χ4v) is 2.42. The Balaban J connectivity index is 2.09. The zero-order valence-electron chi connectivity index (χ0n) is 9.38. The van der Waals surface area contributed by atoms with Crippen LogP contribution in [0.5, 0.6) is 0 Å². The van der Waals surface area contributed by atoms with Crippen molar-refractivity contribution in [1.82, 2.24) is 0 Å². The predicted molar refractivity (Wildman–Crippen MR) is 56.0 cm³/mol. The zero-order chi connectivity index (χ0) is 10.2. The highest BCUT2D eigenvalue weighted by Crippen LogP contribution is 2.43. The molecule has 2 nitrogen and oxygen atoms in total. The van der Waals surface area contributed by atoms with Crippen molar-refractivity contribution >= 4 is 0 Å². The normalized spacial score (nSPS) is 43.8. The van der Waals surface area contributed by atoms with E-state index in [2.05, 4.69) is 19.9 Å². The van der Waals surface area contributed by atoms with Crippen molar-refractivity contribution in [2.75, 3.05) is 13.2 Å². The zero-order valence-corrected chi connectivity index (χ0v) is 9.38. The van der Waals surface area contributed by atoms with Crippen molar-refractivity contribution in [3.05, 3.63) is 11.6 Å². The Morgan fingerprint density at radius 2 is 1.93 bits per heavy atom. The largest absolute Gasteiger partial charge is 0.352 e. The van der Waals surface area contributed by atoms with Gasteiger partial charge in [0, 0.05) is 5.41 Å². The van der Waals surface area contributed by atoms with E-state index in [1.165, 1.54) is 12.0 Å². The third-order valence-corrected chi connectivity index (χ3v) is 3.74. The van der Waals surface area contributed by atoms with Crippen LogP contribution in [0, 0.1) is 11.3 Å². The molecule has 80 valence electrons. The van der Waals surface area contributed by atoms with Crippen LogP contribution in [0.3, 0.4) is 0 Å². The van der Waals surface area contributed by atoms with Gasteiger partial charge in [-0.05, 0) is 32.6 Å². The molecule has 1 aliphatic heterocycles. The molecule has 0 aromatic rings. The first-order valence-electron chi connectivity index (χ1n) is 5.51. The first-order valence-corrected chi connectivity index (χ1v) is 5.51. The van der Waals surface area contributed by atoms with E-state index >= 15 is 0 Å². The maximum absolute atomic E-state index is 5.63. The minimum atomic E-state index is -0.0140. The molecule has 1 atom stereocenters. The van der Waals surface area contributed by atoms with E-state index in [4.69, 9.17) is 9.47 Å². The topological polar surface area (TPSA) is 18.5 Å². The quantitative estimate of drug-likeness (QED) is 0.555. The molecule has 2 aliphatic rings. The molecule has 0 unspecified atom stereocenters. The van der Waals surface area contributed by atoms with Gasteiger partial charge >= 0.3 is 0 Å². The van der Waals surface area contributed by atoms with E-state index in [1.54, 1.807) is 0 Å². The van der Waals surface area contributed by atoms with Gasteiger partial charge in [0.1, 0.15) is 0 Å². The molecule has 0 aromatic carbocycles. The Morgan fingerprint density at radius 1 is 1.29 bits per heavy atom. The molecule has 0 N–H and O–H groups in total. The van der Waals surface area contributed by atoms with Crippen LogP contribution < -0.4 is 0 Å². The third kappa shape index (κ3) is 1.73. The minimum Gasteiger partial charge on any atom is -0.352 e. The minimum absolute atomic E-state index is 0.0140. The molecule has 0 amide bonds. The number of hydrogen-bond donors (Lipinski definition) is 0. The van der Waals surface area contributed by atoms with Gasteiger partial charge in [-0.3, -0.25) is 0 Å². The van der Waals surface area contributed by atoms with Crippen LogP contribution in [0.25, 0.3) is 0 Å². The summed E-state index contributed by atoms with van der Waals surface area (Å²) in [6, 6.07) is 0. The molecule has 1 spiro atoms. The summed E-state index contributed by atoms with van der Waals surface area (Å²) in [4.78, 5) is 0. The first-order chi connectivity index (χ1) is 6.62. The molecule has 14 heavy (non-hydrogen) atoms. The van der Waals surface area contributed by atoms with E-state index in [9.17, 15) is 0 Å². The lowest BCUT2D eigenvalue weighted by Crippen LogP contribution is -2.46. The molecule has 1 saturated heterocycles. The highest BCUT2D eigenvalue weighted by atomic mass is 16.7. The third-order valence-electron chi connectivity index (χ3n) is 3.74. The highest BCUT2D eigenvalue weighted by Gasteiger charge is 2.41. The van der Waals surface area contributed by atoms with Crippen LogP contribution in [-0.4, -0.2) is 19.5 Å². The summed E-state index contributed by atoms with van der Waals surface area (Å²) in [5, 5.41) is 0. The summed E-state index contributed by atoms with van der Waals surface area (Å²) in [6.45, 7) is 8.23. The summed E-state index contributed by atoms with van der Waals surface area (Å²) < 4.78 is 11.3. The van der Waals surface area contributed by atoms with Crippen molar-refractivity contribution in [2.24, 2.45) is 11.3 Å². The van der Waals surface area contributed by atoms with Crippen molar-refractivity contribution in [3.63, 3.8) is 0 Å². The molecule has 0 bridgehead atoms. The van der Waals surface area contributed by atoms with Crippen molar-refractivity contribution in [2.45, 2.75) is 39.9 Å². The van der Waals surface area contributed by atoms with Gasteiger partial charge in [0.15, 0.2) is 6.29 Å². The number of rotatable bonds is 0. The van der Waals surface area contributed by atoms with E-state index in [1.807, 2.05) is 6.92 Å². The summed E-state index contributed by atoms with van der Waals surface area (Å²) >= 11 is 0. The van der Waals surface area contributed by atoms with Gasteiger partial charge in [-0.25, -0.2) is 0 Å². The smallest absolute Gasteiger partial charge is 0.154 e. The van der Waals surface area contributed by atoms with Gasteiger partial charge in [0.05, 0.1) is 13.2 Å². The van der Waals surface area contributed by atoms with Crippen LogP contribution in [0.1, 0.15) is 33.6 Å². The maximum Gasteiger partial charge on any atom is 0.154 e. The molecular weight excluding hydrogens is 176 g/mol. The van der Waals surface area contributed by atoms with E-state index in [0.29, 0.717) is 5.92 Å². The van der Waals surface area contributed by atoms with Gasteiger partial charge in [-0.2, -0.15) is 0 Å². The lowest BCUT2D eigenvalue weighted by Gasteiger charge is -2.45. The average molecular weight is 196 g/mol. The van der Waals surface area contributed by atoms with E-state index < -0.39 is 0 Å². The Hall–Kier alpha value is -0.340. The van der Waals surface area contributed by atoms with Crippen molar-refractivity contribution < 1.29 is 9.47 Å². The summed E-state index contributed by atoms with van der Waals surface area (Å²) in [5.74, 6) is 0.681. The van der Waals surface area contributed by atoms with Crippen LogP contribution in [0.2, 0.25) is 0 Å². The molecule has 0 radical (unpaired) electrons. The second-order valence-electron chi connectivity index (χ2n) is 4.91. The van der Waals surface area contributed by atoms with Crippen LogP contribution in [0.15, 0.2) is 11.6 Å². The Morgan fingerprint density at radius 3 is 2.50 bits per heavy atom. The maximum atomic E-state index is 5.63. The standard InChI is InChI=1S/C12H20O2/c1-9-4-5-12(10(2)6-9)7-13-11(3)14-8-12/h4,10-11H,5-8H2,1-3H3/t10-,11?,12?/m1/s1. The van der Waals surface area contributed by atoms with Crippen LogP contribution in [-0.2, 0) is 9.47 Å². The number of ether oxygens (including phenoxy) is 2. The lowest BCUT2D eigenvalue weighted by molar-refractivity contribution is -0.232. The van der Waals surface area contributed by atoms with E-state index in [-0.39, 0.29) is 11.7 Å². The van der Waals surface area contributed by atoms with Gasteiger partial charge in [-0.1, -0.05) is 18.6 Å². The van der Waals surface area contributed by atoms with Crippen LogP contribution >= 0.6 is 0 Å². The van der Waals surface area contributed by atoms with Gasteiger partial charge in [-0.15, -0.1) is 0 Å². The average Bonchev–Trinajstić information content (AvgIpc) is 2.16. The predicted octanol–water partition coefficient (Wildman–Crippen LogP) is 2.74. The van der Waals surface area contributed by atoms with Crippen LogP contribution in [0.4, 0.5) is 0 Å². The molecule has 1 aliphatic carbocycles. The molecule has 0 saturated carbocycles. The summed E-state index contributed by atoms with van der Waals surface area (Å²) in [6.07, 6.45) is 4.65. The number of hydrogen-bond acceptors (Lipinski definition) is 2. The molecular formula is C12H20O2. The Kier molecular flexibility index (Phi) is 2.67. The molecule has 1 fully saturated rings. The monoisotopic (exact) mass is 196 g/mol. The van der Waals surface area contributed by atoms with Gasteiger partial charge in [0.25, 0.3) is 0 Å². The number of allylic oxidation sites excluding steroid dienone is 2. The second kappa shape index (κ2) is 3.67. The van der Waals surface area contributed by atoms with E-state index in [0.717, 1.165) is 19.6 Å². The summed E-state index contributed by atoms with van der Waals surface area (Å²) in [5.41, 5.74) is 1.77. The van der Waals surface area contributed by atoms with Crippen molar-refractivity contribution in [1.29, 1.82) is 0 Å². The van der Waals surface area contributed by atoms with Gasteiger partial charge in [0.2, 0.25) is 0 Å². The molecule has 2 rings (SSSR count). The fraction of sp³-hybridized carbons (Fsp3) is 0.833. The summed E-state index contributed by atoms with van der Waals surface area (Å²) in [7, 11) is 0. The molecule has 1 heterocycles. The Labute approximate surface area is 86.3 Å². The molecule has 0 aromatic heterocycles. The first kappa shape index (κ1) is 10.2. The fourth-order valence-electron chi connectivity index (χ4n) is 2.42. The van der Waals surface area contributed by atoms with Gasteiger partial charge < -0.3 is 9.47 Å². The highest BCUT2D eigenvalue weighted by molar-refractivity contribution is 5.10. The lowest BCUT2D eigenvalue weighted by atomic mass is 9.68. The Bertz CT molecular complexity index is 237. The molecule has 2 heteroatoms. The van der Waals surface area contributed by atoms with Crippen molar-refractivity contribution in [3.8, 4) is 0 Å². The SMILES string of the molecule is CC1=CCC2(COC(C)OC2)[C@H](C)C1. The second-order valence-corrected chi connectivity index (χ2v) is 4.91.